The maximum absolute atomic E-state index is 6.07. The topological polar surface area (TPSA) is 18.5 Å². The number of hydrogen-bond acceptors (Lipinski definition) is 2. The summed E-state index contributed by atoms with van der Waals surface area (Å²) >= 11 is 0. The number of unbranched alkanes of at least 4 members (excludes halogenated alkanes) is 2. The minimum Gasteiger partial charge on any atom is -0.494 e. The van der Waals surface area contributed by atoms with E-state index in [-0.39, 0.29) is 0 Å². The van der Waals surface area contributed by atoms with Crippen molar-refractivity contribution in [3.8, 4) is 11.5 Å². The lowest BCUT2D eigenvalue weighted by Crippen LogP contribution is -2.20. The van der Waals surface area contributed by atoms with Crippen LogP contribution in [0.4, 0.5) is 0 Å². The van der Waals surface area contributed by atoms with Crippen LogP contribution in [0.15, 0.2) is 24.3 Å². The van der Waals surface area contributed by atoms with Crippen molar-refractivity contribution >= 4 is 0 Å². The monoisotopic (exact) mass is 470 g/mol. The third-order valence-electron chi connectivity index (χ3n) is 8.77. The first-order chi connectivity index (χ1) is 16.8. The fraction of sp³-hybridized carbons (Fsp3) is 0.812. The zero-order chi connectivity index (χ0) is 23.8. The molecule has 0 bridgehead atoms. The summed E-state index contributed by atoms with van der Waals surface area (Å²) in [6.45, 7) is 6.34. The number of rotatable bonds is 16. The molecule has 2 heteroatoms. The molecule has 2 fully saturated rings. The molecule has 1 aromatic rings. The molecule has 3 rings (SSSR count). The van der Waals surface area contributed by atoms with Gasteiger partial charge in [-0.15, -0.1) is 0 Å². The second-order valence-corrected chi connectivity index (χ2v) is 11.3. The van der Waals surface area contributed by atoms with Gasteiger partial charge in [-0.2, -0.15) is 0 Å². The van der Waals surface area contributed by atoms with Crippen LogP contribution in [0, 0.1) is 23.7 Å². The largest absolute Gasteiger partial charge is 0.494 e. The smallest absolute Gasteiger partial charge is 0.119 e. The van der Waals surface area contributed by atoms with E-state index >= 15 is 0 Å². The molecule has 194 valence electrons. The zero-order valence-electron chi connectivity index (χ0n) is 22.6. The molecule has 2 nitrogen and oxygen atoms in total. The second kappa shape index (κ2) is 16.5. The molecule has 0 aromatic heterocycles. The van der Waals surface area contributed by atoms with Crippen molar-refractivity contribution in [1.29, 1.82) is 0 Å². The van der Waals surface area contributed by atoms with Crippen LogP contribution in [-0.2, 0) is 0 Å². The summed E-state index contributed by atoms with van der Waals surface area (Å²) in [7, 11) is 0. The van der Waals surface area contributed by atoms with Crippen LogP contribution >= 0.6 is 0 Å². The Morgan fingerprint density at radius 2 is 0.941 bits per heavy atom. The van der Waals surface area contributed by atoms with Crippen LogP contribution in [0.2, 0.25) is 0 Å². The van der Waals surface area contributed by atoms with Gasteiger partial charge in [-0.25, -0.2) is 0 Å². The summed E-state index contributed by atoms with van der Waals surface area (Å²) in [5, 5.41) is 0. The quantitative estimate of drug-likeness (QED) is 0.224. The first-order valence-corrected chi connectivity index (χ1v) is 15.2. The predicted molar refractivity (Wildman–Crippen MR) is 146 cm³/mol. The lowest BCUT2D eigenvalue weighted by molar-refractivity contribution is 0.190. The predicted octanol–water partition coefficient (Wildman–Crippen LogP) is 10.00. The van der Waals surface area contributed by atoms with Gasteiger partial charge in [0.25, 0.3) is 0 Å². The summed E-state index contributed by atoms with van der Waals surface area (Å²) in [6.07, 6.45) is 25.1. The average molecular weight is 471 g/mol. The van der Waals surface area contributed by atoms with Crippen LogP contribution in [0.25, 0.3) is 0 Å². The molecule has 0 radical (unpaired) electrons. The SMILES string of the molecule is CCCCCC1CCCCC1CCCOc1ccc(OCCCC2CCCCC2CCC)cc1. The Bertz CT molecular complexity index is 622. The van der Waals surface area contributed by atoms with E-state index in [1.165, 1.54) is 116 Å². The highest BCUT2D eigenvalue weighted by molar-refractivity contribution is 5.31. The Balaban J connectivity index is 1.28. The van der Waals surface area contributed by atoms with Gasteiger partial charge in [-0.1, -0.05) is 104 Å². The van der Waals surface area contributed by atoms with Crippen molar-refractivity contribution in [1.82, 2.24) is 0 Å². The van der Waals surface area contributed by atoms with Crippen molar-refractivity contribution in [3.05, 3.63) is 24.3 Å². The molecule has 0 aliphatic heterocycles. The van der Waals surface area contributed by atoms with Gasteiger partial charge in [0.15, 0.2) is 0 Å². The Hall–Kier alpha value is -1.18. The summed E-state index contributed by atoms with van der Waals surface area (Å²) in [6, 6.07) is 8.34. The molecule has 4 atom stereocenters. The Morgan fingerprint density at radius 1 is 0.529 bits per heavy atom. The van der Waals surface area contributed by atoms with Crippen LogP contribution in [0.5, 0.6) is 11.5 Å². The molecule has 0 heterocycles. The molecule has 2 aliphatic rings. The van der Waals surface area contributed by atoms with Gasteiger partial charge in [0, 0.05) is 0 Å². The standard InChI is InChI=1S/C32H54O2/c1-3-5-6-14-28-16-9-10-18-30(28)20-12-26-34-32-23-21-31(22-24-32)33-25-11-19-29-17-8-7-15-27(29)13-4-2/h21-24,27-30H,3-20,25-26H2,1-2H3. The Morgan fingerprint density at radius 3 is 1.35 bits per heavy atom. The third-order valence-corrected chi connectivity index (χ3v) is 8.77. The van der Waals surface area contributed by atoms with Crippen LogP contribution in [-0.4, -0.2) is 13.2 Å². The summed E-state index contributed by atoms with van der Waals surface area (Å²) < 4.78 is 12.1. The van der Waals surface area contributed by atoms with Crippen LogP contribution in [0.3, 0.4) is 0 Å². The summed E-state index contributed by atoms with van der Waals surface area (Å²) in [5.74, 6) is 5.80. The molecule has 2 saturated carbocycles. The normalized spacial score (nSPS) is 25.2. The lowest BCUT2D eigenvalue weighted by atomic mass is 9.74. The third kappa shape index (κ3) is 9.82. The van der Waals surface area contributed by atoms with E-state index in [2.05, 4.69) is 38.1 Å². The van der Waals surface area contributed by atoms with Crippen LogP contribution in [0.1, 0.15) is 129 Å². The van der Waals surface area contributed by atoms with E-state index in [0.29, 0.717) is 0 Å². The van der Waals surface area contributed by atoms with E-state index in [4.69, 9.17) is 9.47 Å². The van der Waals surface area contributed by atoms with E-state index in [9.17, 15) is 0 Å². The molecule has 0 spiro atoms. The summed E-state index contributed by atoms with van der Waals surface area (Å²) in [5.41, 5.74) is 0. The number of benzene rings is 1. The molecular weight excluding hydrogens is 416 g/mol. The first-order valence-electron chi connectivity index (χ1n) is 15.2. The van der Waals surface area contributed by atoms with Crippen molar-refractivity contribution in [3.63, 3.8) is 0 Å². The van der Waals surface area contributed by atoms with Crippen molar-refractivity contribution < 1.29 is 9.47 Å². The number of ether oxygens (including phenoxy) is 2. The molecule has 0 N–H and O–H groups in total. The Labute approximate surface area is 211 Å². The average Bonchev–Trinajstić information content (AvgIpc) is 2.87. The van der Waals surface area contributed by atoms with Gasteiger partial charge in [0.1, 0.15) is 11.5 Å². The molecule has 2 aliphatic carbocycles. The maximum atomic E-state index is 6.07. The molecule has 4 unspecified atom stereocenters. The van der Waals surface area contributed by atoms with Gasteiger partial charge in [-0.3, -0.25) is 0 Å². The van der Waals surface area contributed by atoms with E-state index in [0.717, 1.165) is 48.4 Å². The molecular formula is C32H54O2. The lowest BCUT2D eigenvalue weighted by Gasteiger charge is -2.31. The Kier molecular flexibility index (Phi) is 13.3. The van der Waals surface area contributed by atoms with Gasteiger partial charge in [0.05, 0.1) is 13.2 Å². The van der Waals surface area contributed by atoms with E-state index in [1.807, 2.05) is 0 Å². The van der Waals surface area contributed by atoms with Crippen molar-refractivity contribution in [2.45, 2.75) is 129 Å². The zero-order valence-corrected chi connectivity index (χ0v) is 22.6. The van der Waals surface area contributed by atoms with Crippen molar-refractivity contribution in [2.24, 2.45) is 23.7 Å². The van der Waals surface area contributed by atoms with Gasteiger partial charge in [-0.05, 0) is 73.6 Å². The maximum Gasteiger partial charge on any atom is 0.119 e. The highest BCUT2D eigenvalue weighted by Gasteiger charge is 2.25. The van der Waals surface area contributed by atoms with Crippen molar-refractivity contribution in [2.75, 3.05) is 13.2 Å². The minimum absolute atomic E-state index is 0.844. The fourth-order valence-corrected chi connectivity index (χ4v) is 6.82. The van der Waals surface area contributed by atoms with E-state index in [1.54, 1.807) is 0 Å². The first kappa shape index (κ1) is 27.4. The summed E-state index contributed by atoms with van der Waals surface area (Å²) in [4.78, 5) is 0. The van der Waals surface area contributed by atoms with Gasteiger partial charge >= 0.3 is 0 Å². The minimum atomic E-state index is 0.844. The van der Waals surface area contributed by atoms with Gasteiger partial charge < -0.3 is 9.47 Å². The fourth-order valence-electron chi connectivity index (χ4n) is 6.82. The highest BCUT2D eigenvalue weighted by Crippen LogP contribution is 2.37. The number of hydrogen-bond donors (Lipinski definition) is 0. The van der Waals surface area contributed by atoms with Crippen LogP contribution < -0.4 is 9.47 Å². The highest BCUT2D eigenvalue weighted by atomic mass is 16.5. The van der Waals surface area contributed by atoms with Gasteiger partial charge in [0.2, 0.25) is 0 Å². The molecule has 1 aromatic carbocycles. The molecule has 0 saturated heterocycles. The second-order valence-electron chi connectivity index (χ2n) is 11.3. The van der Waals surface area contributed by atoms with E-state index < -0.39 is 0 Å². The molecule has 0 amide bonds. The molecule has 34 heavy (non-hydrogen) atoms.